The molecule has 0 saturated carbocycles. The second-order valence-corrected chi connectivity index (χ2v) is 3.39. The van der Waals surface area contributed by atoms with Crippen molar-refractivity contribution < 1.29 is 14.3 Å². The van der Waals surface area contributed by atoms with Gasteiger partial charge in [-0.1, -0.05) is 34.7 Å². The fourth-order valence-corrected chi connectivity index (χ4v) is 1.60. The van der Waals surface area contributed by atoms with Gasteiger partial charge in [-0.3, -0.25) is 4.79 Å². The van der Waals surface area contributed by atoms with Crippen molar-refractivity contribution in [2.75, 3.05) is 0 Å². The van der Waals surface area contributed by atoms with Gasteiger partial charge in [0.15, 0.2) is 0 Å². The van der Waals surface area contributed by atoms with Crippen molar-refractivity contribution in [2.24, 2.45) is 0 Å². The van der Waals surface area contributed by atoms with E-state index in [0.29, 0.717) is 15.6 Å². The van der Waals surface area contributed by atoms with Gasteiger partial charge >= 0.3 is 5.97 Å². The third-order valence-electron chi connectivity index (χ3n) is 1.62. The van der Waals surface area contributed by atoms with Gasteiger partial charge in [-0.25, -0.2) is 4.39 Å². The van der Waals surface area contributed by atoms with Crippen LogP contribution in [0.3, 0.4) is 0 Å². The number of aliphatic carboxylic acids is 1. The number of hydrogen-bond donors (Lipinski definition) is 1. The highest BCUT2D eigenvalue weighted by atomic mass is 127. The van der Waals surface area contributed by atoms with Gasteiger partial charge in [-0.2, -0.15) is 0 Å². The Bertz CT molecular complexity index is 325. The highest BCUT2D eigenvalue weighted by Gasteiger charge is 2.04. The summed E-state index contributed by atoms with van der Waals surface area (Å²) in [5.74, 6) is -1.27. The number of carboxylic acids is 1. The molecular weight excluding hydrogens is 286 g/mol. The minimum absolute atomic E-state index is 0.127. The number of alkyl halides is 1. The lowest BCUT2D eigenvalue weighted by atomic mass is 10.1. The Hall–Kier alpha value is -0.650. The molecule has 0 radical (unpaired) electrons. The maximum atomic E-state index is 13.1. The van der Waals surface area contributed by atoms with Crippen molar-refractivity contribution in [1.29, 1.82) is 0 Å². The van der Waals surface area contributed by atoms with Gasteiger partial charge in [0.05, 0.1) is 6.42 Å². The van der Waals surface area contributed by atoms with Crippen LogP contribution < -0.4 is 0 Å². The predicted molar refractivity (Wildman–Crippen MR) is 55.5 cm³/mol. The highest BCUT2D eigenvalue weighted by molar-refractivity contribution is 14.1. The number of carbonyl (C=O) groups is 1. The first kappa shape index (κ1) is 10.4. The maximum absolute atomic E-state index is 13.1. The molecule has 70 valence electrons. The van der Waals surface area contributed by atoms with Gasteiger partial charge < -0.3 is 5.11 Å². The highest BCUT2D eigenvalue weighted by Crippen LogP contribution is 2.13. The van der Waals surface area contributed by atoms with Crippen LogP contribution in [0.15, 0.2) is 18.2 Å². The third kappa shape index (κ3) is 2.95. The van der Waals surface area contributed by atoms with Gasteiger partial charge in [0.2, 0.25) is 0 Å². The Morgan fingerprint density at radius 1 is 1.54 bits per heavy atom. The molecule has 1 aromatic rings. The standard InChI is InChI=1S/C9H8FIO2/c10-8-3-6(4-9(12)13)1-2-7(8)5-11/h1-3H,4-5H2,(H,12,13). The largest absolute Gasteiger partial charge is 0.481 e. The van der Waals surface area contributed by atoms with Crippen LogP contribution >= 0.6 is 22.6 Å². The topological polar surface area (TPSA) is 37.3 Å². The van der Waals surface area contributed by atoms with E-state index in [-0.39, 0.29) is 12.2 Å². The van der Waals surface area contributed by atoms with E-state index in [4.69, 9.17) is 5.11 Å². The summed E-state index contributed by atoms with van der Waals surface area (Å²) in [4.78, 5) is 10.3. The molecule has 0 aliphatic heterocycles. The lowest BCUT2D eigenvalue weighted by Crippen LogP contribution is -2.00. The normalized spacial score (nSPS) is 10.0. The minimum atomic E-state index is -0.943. The van der Waals surface area contributed by atoms with Crippen LogP contribution in [0, 0.1) is 5.82 Å². The van der Waals surface area contributed by atoms with Crippen LogP contribution in [0.1, 0.15) is 11.1 Å². The Balaban J connectivity index is 2.89. The number of rotatable bonds is 3. The Kier molecular flexibility index (Phi) is 3.65. The van der Waals surface area contributed by atoms with Crippen molar-refractivity contribution in [3.8, 4) is 0 Å². The van der Waals surface area contributed by atoms with E-state index in [2.05, 4.69) is 22.6 Å². The molecule has 0 aliphatic rings. The summed E-state index contributed by atoms with van der Waals surface area (Å²) in [6.07, 6.45) is -0.127. The second-order valence-electron chi connectivity index (χ2n) is 2.63. The molecule has 0 bridgehead atoms. The van der Waals surface area contributed by atoms with Crippen molar-refractivity contribution in [1.82, 2.24) is 0 Å². The summed E-state index contributed by atoms with van der Waals surface area (Å²) >= 11 is 2.06. The Morgan fingerprint density at radius 2 is 2.23 bits per heavy atom. The van der Waals surface area contributed by atoms with Crippen LogP contribution in [0.2, 0.25) is 0 Å². The summed E-state index contributed by atoms with van der Waals surface area (Å²) in [6.45, 7) is 0. The molecular formula is C9H8FIO2. The number of benzene rings is 1. The molecule has 0 fully saturated rings. The molecule has 13 heavy (non-hydrogen) atoms. The number of halogens is 2. The molecule has 0 saturated heterocycles. The number of hydrogen-bond acceptors (Lipinski definition) is 1. The van der Waals surface area contributed by atoms with Gasteiger partial charge in [-0.15, -0.1) is 0 Å². The minimum Gasteiger partial charge on any atom is -0.481 e. The lowest BCUT2D eigenvalue weighted by Gasteiger charge is -2.01. The average molecular weight is 294 g/mol. The van der Waals surface area contributed by atoms with Crippen molar-refractivity contribution in [3.63, 3.8) is 0 Å². The summed E-state index contributed by atoms with van der Waals surface area (Å²) in [6, 6.07) is 4.55. The Morgan fingerprint density at radius 3 is 2.69 bits per heavy atom. The molecule has 0 aliphatic carbocycles. The van der Waals surface area contributed by atoms with Gasteiger partial charge in [0.1, 0.15) is 5.82 Å². The zero-order chi connectivity index (χ0) is 9.84. The summed E-state index contributed by atoms with van der Waals surface area (Å²) in [5, 5.41) is 8.46. The maximum Gasteiger partial charge on any atom is 0.307 e. The molecule has 0 unspecified atom stereocenters. The smallest absolute Gasteiger partial charge is 0.307 e. The van der Waals surface area contributed by atoms with Crippen LogP contribution in [-0.2, 0) is 15.6 Å². The van der Waals surface area contributed by atoms with Crippen LogP contribution in [0.4, 0.5) is 4.39 Å². The van der Waals surface area contributed by atoms with Crippen molar-refractivity contribution in [3.05, 3.63) is 35.1 Å². The first-order chi connectivity index (χ1) is 6.13. The quantitative estimate of drug-likeness (QED) is 0.686. The molecule has 4 heteroatoms. The summed E-state index contributed by atoms with van der Waals surface area (Å²) in [5.41, 5.74) is 1.10. The number of carboxylic acid groups (broad SMARTS) is 1. The van der Waals surface area contributed by atoms with Crippen molar-refractivity contribution >= 4 is 28.6 Å². The van der Waals surface area contributed by atoms with E-state index >= 15 is 0 Å². The monoisotopic (exact) mass is 294 g/mol. The molecule has 0 aromatic heterocycles. The molecule has 0 amide bonds. The third-order valence-corrected chi connectivity index (χ3v) is 2.44. The second kappa shape index (κ2) is 4.55. The fraction of sp³-hybridized carbons (Fsp3) is 0.222. The van der Waals surface area contributed by atoms with E-state index in [1.54, 1.807) is 12.1 Å². The molecule has 1 N–H and O–H groups in total. The zero-order valence-corrected chi connectivity index (χ0v) is 8.92. The van der Waals surface area contributed by atoms with E-state index in [0.717, 1.165) is 0 Å². The SMILES string of the molecule is O=C(O)Cc1ccc(CI)c(F)c1. The molecule has 2 nitrogen and oxygen atoms in total. The predicted octanol–water partition coefficient (Wildman–Crippen LogP) is 2.39. The van der Waals surface area contributed by atoms with Gasteiger partial charge in [0.25, 0.3) is 0 Å². The first-order valence-corrected chi connectivity index (χ1v) is 5.21. The van der Waals surface area contributed by atoms with E-state index in [9.17, 15) is 9.18 Å². The van der Waals surface area contributed by atoms with Crippen LogP contribution in [0.5, 0.6) is 0 Å². The van der Waals surface area contributed by atoms with E-state index < -0.39 is 5.97 Å². The van der Waals surface area contributed by atoms with Gasteiger partial charge in [-0.05, 0) is 17.2 Å². The summed E-state index contributed by atoms with van der Waals surface area (Å²) in [7, 11) is 0. The molecule has 0 atom stereocenters. The summed E-state index contributed by atoms with van der Waals surface area (Å²) < 4.78 is 13.7. The van der Waals surface area contributed by atoms with E-state index in [1.807, 2.05) is 0 Å². The zero-order valence-electron chi connectivity index (χ0n) is 6.76. The van der Waals surface area contributed by atoms with Gasteiger partial charge in [0, 0.05) is 4.43 Å². The average Bonchev–Trinajstić information content (AvgIpc) is 2.03. The fourth-order valence-electron chi connectivity index (χ4n) is 0.984. The molecule has 0 heterocycles. The molecule has 0 spiro atoms. The lowest BCUT2D eigenvalue weighted by molar-refractivity contribution is -0.136. The van der Waals surface area contributed by atoms with E-state index in [1.165, 1.54) is 6.07 Å². The first-order valence-electron chi connectivity index (χ1n) is 3.68. The Labute approximate surface area is 88.9 Å². The molecule has 1 aromatic carbocycles. The van der Waals surface area contributed by atoms with Crippen molar-refractivity contribution in [2.45, 2.75) is 10.8 Å². The van der Waals surface area contributed by atoms with Crippen LogP contribution in [0.25, 0.3) is 0 Å². The van der Waals surface area contributed by atoms with Crippen LogP contribution in [-0.4, -0.2) is 11.1 Å². The molecule has 1 rings (SSSR count).